The predicted molar refractivity (Wildman–Crippen MR) is 85.3 cm³/mol. The number of nitrogens with zero attached hydrogens (tertiary/aromatic N) is 1. The molecule has 0 aliphatic carbocycles. The van der Waals surface area contributed by atoms with E-state index in [0.29, 0.717) is 37.1 Å². The molecule has 122 valence electrons. The fourth-order valence-corrected chi connectivity index (χ4v) is 2.78. The molecule has 6 heteroatoms. The molecule has 6 nitrogen and oxygen atoms in total. The zero-order chi connectivity index (χ0) is 16.2. The highest BCUT2D eigenvalue weighted by molar-refractivity contribution is 5.94. The number of hydrogen-bond donors (Lipinski definition) is 1. The van der Waals surface area contributed by atoms with E-state index in [1.54, 1.807) is 29.2 Å². The summed E-state index contributed by atoms with van der Waals surface area (Å²) in [6, 6.07) is 6.76. The highest BCUT2D eigenvalue weighted by Crippen LogP contribution is 2.17. The van der Waals surface area contributed by atoms with E-state index in [4.69, 9.17) is 9.15 Å². The van der Waals surface area contributed by atoms with Crippen LogP contribution in [-0.4, -0.2) is 42.1 Å². The minimum absolute atomic E-state index is 0.154. The van der Waals surface area contributed by atoms with Crippen molar-refractivity contribution in [3.05, 3.63) is 46.4 Å². The monoisotopic (exact) mass is 316 g/mol. The van der Waals surface area contributed by atoms with Crippen LogP contribution < -0.4 is 5.56 Å². The van der Waals surface area contributed by atoms with Crippen LogP contribution in [0, 0.1) is 5.92 Å². The van der Waals surface area contributed by atoms with Crippen molar-refractivity contribution in [2.45, 2.75) is 13.3 Å². The molecule has 23 heavy (non-hydrogen) atoms. The number of nitrogens with one attached hydrogen (secondary N) is 1. The van der Waals surface area contributed by atoms with Crippen LogP contribution in [0.25, 0.3) is 11.5 Å². The number of H-pyrrole nitrogens is 1. The van der Waals surface area contributed by atoms with Gasteiger partial charge in [0.15, 0.2) is 0 Å². The van der Waals surface area contributed by atoms with Gasteiger partial charge in [0.2, 0.25) is 0 Å². The van der Waals surface area contributed by atoms with Gasteiger partial charge in [-0.25, -0.2) is 0 Å². The Balaban J connectivity index is 1.79. The first-order chi connectivity index (χ1) is 11.2. The number of amides is 1. The molecule has 0 saturated carbocycles. The van der Waals surface area contributed by atoms with Crippen LogP contribution >= 0.6 is 0 Å². The third-order valence-electron chi connectivity index (χ3n) is 4.10. The lowest BCUT2D eigenvalue weighted by Crippen LogP contribution is -2.38. The summed E-state index contributed by atoms with van der Waals surface area (Å²) in [6.07, 6.45) is 2.49. The topological polar surface area (TPSA) is 75.5 Å². The molecule has 1 aliphatic heterocycles. The summed E-state index contributed by atoms with van der Waals surface area (Å²) in [4.78, 5) is 29.3. The van der Waals surface area contributed by atoms with Crippen molar-refractivity contribution in [2.24, 2.45) is 5.92 Å². The largest absolute Gasteiger partial charge is 0.463 e. The first kappa shape index (κ1) is 15.6. The van der Waals surface area contributed by atoms with Gasteiger partial charge in [-0.05, 0) is 37.6 Å². The highest BCUT2D eigenvalue weighted by Gasteiger charge is 2.24. The number of carbonyl (C=O) groups is 1. The normalized spacial score (nSPS) is 17.3. The number of aromatic nitrogens is 1. The SMILES string of the molecule is CCN(C[C@H]1CCOC1)C(=O)c1ccc(-c2ccco2)[nH]c1=O. The van der Waals surface area contributed by atoms with Gasteiger partial charge in [0, 0.05) is 25.6 Å². The molecule has 1 N–H and O–H groups in total. The Bertz CT molecular complexity index is 714. The van der Waals surface area contributed by atoms with Crippen LogP contribution in [0.1, 0.15) is 23.7 Å². The molecule has 0 spiro atoms. The smallest absolute Gasteiger partial charge is 0.261 e. The summed E-state index contributed by atoms with van der Waals surface area (Å²) < 4.78 is 10.6. The third kappa shape index (κ3) is 3.37. The molecule has 0 bridgehead atoms. The standard InChI is InChI=1S/C17H20N2O4/c1-2-19(10-12-7-9-22-11-12)17(21)13-5-6-14(18-16(13)20)15-4-3-8-23-15/h3-6,8,12H,2,7,9-11H2,1H3,(H,18,20)/t12-/m1/s1. The number of carbonyl (C=O) groups excluding carboxylic acids is 1. The van der Waals surface area contributed by atoms with Crippen molar-refractivity contribution in [3.8, 4) is 11.5 Å². The molecule has 3 heterocycles. The maximum Gasteiger partial charge on any atom is 0.261 e. The van der Waals surface area contributed by atoms with Gasteiger partial charge in [0.25, 0.3) is 11.5 Å². The van der Waals surface area contributed by atoms with Gasteiger partial charge in [0.05, 0.1) is 18.6 Å². The van der Waals surface area contributed by atoms with Gasteiger partial charge < -0.3 is 19.0 Å². The third-order valence-corrected chi connectivity index (χ3v) is 4.10. The Kier molecular flexibility index (Phi) is 4.62. The van der Waals surface area contributed by atoms with E-state index in [2.05, 4.69) is 4.98 Å². The van der Waals surface area contributed by atoms with E-state index in [1.165, 1.54) is 6.26 Å². The fourth-order valence-electron chi connectivity index (χ4n) is 2.78. The van der Waals surface area contributed by atoms with Crippen molar-refractivity contribution in [1.29, 1.82) is 0 Å². The average Bonchev–Trinajstić information content (AvgIpc) is 3.25. The molecule has 1 saturated heterocycles. The van der Waals surface area contributed by atoms with Crippen LogP contribution in [0.5, 0.6) is 0 Å². The summed E-state index contributed by atoms with van der Waals surface area (Å²) in [6.45, 7) is 4.52. The Hall–Kier alpha value is -2.34. The molecule has 0 unspecified atom stereocenters. The maximum absolute atomic E-state index is 12.6. The molecule has 3 rings (SSSR count). The summed E-state index contributed by atoms with van der Waals surface area (Å²) in [5.74, 6) is 0.670. The summed E-state index contributed by atoms with van der Waals surface area (Å²) in [5, 5.41) is 0. The number of aromatic amines is 1. The second kappa shape index (κ2) is 6.83. The van der Waals surface area contributed by atoms with Gasteiger partial charge in [-0.3, -0.25) is 9.59 Å². The minimum atomic E-state index is -0.398. The number of rotatable bonds is 5. The van der Waals surface area contributed by atoms with E-state index in [9.17, 15) is 9.59 Å². The lowest BCUT2D eigenvalue weighted by atomic mass is 10.1. The van der Waals surface area contributed by atoms with Crippen molar-refractivity contribution in [2.75, 3.05) is 26.3 Å². The zero-order valence-electron chi connectivity index (χ0n) is 13.1. The molecule has 2 aromatic rings. The second-order valence-electron chi connectivity index (χ2n) is 5.67. The molecule has 0 radical (unpaired) electrons. The summed E-state index contributed by atoms with van der Waals surface area (Å²) in [5.41, 5.74) is 0.315. The fraction of sp³-hybridized carbons (Fsp3) is 0.412. The number of furan rings is 1. The van der Waals surface area contributed by atoms with Crippen molar-refractivity contribution in [1.82, 2.24) is 9.88 Å². The molecule has 2 aromatic heterocycles. The Morgan fingerprint density at radius 3 is 2.87 bits per heavy atom. The average molecular weight is 316 g/mol. The number of pyridine rings is 1. The van der Waals surface area contributed by atoms with Gasteiger partial charge in [0.1, 0.15) is 11.3 Å². The highest BCUT2D eigenvalue weighted by atomic mass is 16.5. The quantitative estimate of drug-likeness (QED) is 0.917. The van der Waals surface area contributed by atoms with Crippen LogP contribution in [0.4, 0.5) is 0 Å². The summed E-state index contributed by atoms with van der Waals surface area (Å²) >= 11 is 0. The molecular weight excluding hydrogens is 296 g/mol. The van der Waals surface area contributed by atoms with E-state index in [1.807, 2.05) is 6.92 Å². The Labute approximate surface area is 134 Å². The van der Waals surface area contributed by atoms with E-state index in [-0.39, 0.29) is 11.5 Å². The van der Waals surface area contributed by atoms with Gasteiger partial charge in [-0.15, -0.1) is 0 Å². The van der Waals surface area contributed by atoms with Crippen molar-refractivity contribution >= 4 is 5.91 Å². The second-order valence-corrected chi connectivity index (χ2v) is 5.67. The number of ether oxygens (including phenoxy) is 1. The minimum Gasteiger partial charge on any atom is -0.463 e. The van der Waals surface area contributed by atoms with Crippen LogP contribution in [0.3, 0.4) is 0 Å². The van der Waals surface area contributed by atoms with Crippen molar-refractivity contribution < 1.29 is 13.9 Å². The van der Waals surface area contributed by atoms with Gasteiger partial charge >= 0.3 is 0 Å². The number of hydrogen-bond acceptors (Lipinski definition) is 4. The van der Waals surface area contributed by atoms with Gasteiger partial charge in [-0.2, -0.15) is 0 Å². The lowest BCUT2D eigenvalue weighted by Gasteiger charge is -2.23. The molecule has 0 aromatic carbocycles. The maximum atomic E-state index is 12.6. The molecule has 1 atom stereocenters. The lowest BCUT2D eigenvalue weighted by molar-refractivity contribution is 0.0729. The first-order valence-electron chi connectivity index (χ1n) is 7.83. The Morgan fingerprint density at radius 1 is 1.39 bits per heavy atom. The van der Waals surface area contributed by atoms with E-state index < -0.39 is 5.56 Å². The van der Waals surface area contributed by atoms with E-state index >= 15 is 0 Å². The molecule has 1 fully saturated rings. The predicted octanol–water partition coefficient (Wildman–Crippen LogP) is 2.13. The zero-order valence-corrected chi connectivity index (χ0v) is 13.1. The van der Waals surface area contributed by atoms with Crippen LogP contribution in [0.2, 0.25) is 0 Å². The van der Waals surface area contributed by atoms with Gasteiger partial charge in [-0.1, -0.05) is 0 Å². The summed E-state index contributed by atoms with van der Waals surface area (Å²) in [7, 11) is 0. The van der Waals surface area contributed by atoms with Crippen molar-refractivity contribution in [3.63, 3.8) is 0 Å². The van der Waals surface area contributed by atoms with E-state index in [0.717, 1.165) is 13.0 Å². The van der Waals surface area contributed by atoms with Crippen LogP contribution in [0.15, 0.2) is 39.7 Å². The van der Waals surface area contributed by atoms with Crippen LogP contribution in [-0.2, 0) is 4.74 Å². The first-order valence-corrected chi connectivity index (χ1v) is 7.83. The molecule has 1 amide bonds. The Morgan fingerprint density at radius 2 is 2.26 bits per heavy atom. The molecule has 1 aliphatic rings. The molecular formula is C17H20N2O4.